The average Bonchev–Trinajstić information content (AvgIpc) is 3.50. The molecule has 6 heterocycles. The zero-order chi connectivity index (χ0) is 24.9. The van der Waals surface area contributed by atoms with Crippen LogP contribution in [-0.2, 0) is 12.7 Å². The maximum absolute atomic E-state index is 14.3. The van der Waals surface area contributed by atoms with Crippen LogP contribution in [0.3, 0.4) is 0 Å². The number of halogens is 4. The topological polar surface area (TPSA) is 78.8 Å². The van der Waals surface area contributed by atoms with Crippen LogP contribution in [0.4, 0.5) is 17.6 Å². The van der Waals surface area contributed by atoms with Crippen molar-refractivity contribution in [2.24, 2.45) is 0 Å². The highest BCUT2D eigenvalue weighted by molar-refractivity contribution is 5.89. The van der Waals surface area contributed by atoms with E-state index in [-0.39, 0.29) is 18.2 Å². The molecule has 0 saturated carbocycles. The molecule has 36 heavy (non-hydrogen) atoms. The van der Waals surface area contributed by atoms with Crippen molar-refractivity contribution in [2.75, 3.05) is 26.2 Å². The van der Waals surface area contributed by atoms with Gasteiger partial charge in [0.25, 0.3) is 0 Å². The second kappa shape index (κ2) is 8.93. The zero-order valence-electron chi connectivity index (χ0n) is 19.3. The first kappa shape index (κ1) is 23.0. The third-order valence-corrected chi connectivity index (χ3v) is 7.20. The lowest BCUT2D eigenvalue weighted by Crippen LogP contribution is -2.55. The zero-order valence-corrected chi connectivity index (χ0v) is 19.3. The minimum Gasteiger partial charge on any atom is -0.346 e. The van der Waals surface area contributed by atoms with E-state index in [1.165, 1.54) is 6.07 Å². The highest BCUT2D eigenvalue weighted by atomic mass is 19.4. The summed E-state index contributed by atoms with van der Waals surface area (Å²) in [5, 5.41) is 5.53. The Bertz CT molecular complexity index is 1370. The standard InChI is InChI=1S/C24H24F4N8/c25-20-15(1-5-29-22(20)24(26,27)28)10-34-7-3-17(4-8-34)35-12-18(13-35)36-11-16(9-33-36)21-19-2-6-30-23(19)32-14-31-21/h1-2,5-6,9,11,14,17-18H,3-4,7-8,10,12-13H2,(H,30,31,32). The molecule has 12 heteroatoms. The molecule has 8 nitrogen and oxygen atoms in total. The summed E-state index contributed by atoms with van der Waals surface area (Å²) < 4.78 is 55.2. The van der Waals surface area contributed by atoms with Crippen LogP contribution in [0.2, 0.25) is 0 Å². The number of piperidine rings is 1. The number of pyridine rings is 1. The molecule has 2 fully saturated rings. The van der Waals surface area contributed by atoms with Crippen LogP contribution in [0.1, 0.15) is 30.1 Å². The smallest absolute Gasteiger partial charge is 0.346 e. The molecule has 4 aromatic rings. The Labute approximate surface area is 204 Å². The number of aromatic nitrogens is 6. The van der Waals surface area contributed by atoms with Crippen molar-refractivity contribution >= 4 is 11.0 Å². The second-order valence-electron chi connectivity index (χ2n) is 9.42. The summed E-state index contributed by atoms with van der Waals surface area (Å²) in [6.45, 7) is 3.36. The minimum absolute atomic E-state index is 0.0369. The number of hydrogen-bond donors (Lipinski definition) is 1. The molecule has 188 valence electrons. The van der Waals surface area contributed by atoms with Crippen molar-refractivity contribution in [3.05, 3.63) is 60.3 Å². The van der Waals surface area contributed by atoms with Crippen molar-refractivity contribution in [1.82, 2.24) is 39.5 Å². The van der Waals surface area contributed by atoms with E-state index in [1.807, 2.05) is 34.2 Å². The van der Waals surface area contributed by atoms with Gasteiger partial charge in [-0.05, 0) is 38.1 Å². The van der Waals surface area contributed by atoms with Crippen molar-refractivity contribution in [3.63, 3.8) is 0 Å². The number of likely N-dealkylation sites (tertiary alicyclic amines) is 2. The Morgan fingerprint density at radius 3 is 2.61 bits per heavy atom. The van der Waals surface area contributed by atoms with Crippen LogP contribution in [-0.4, -0.2) is 71.7 Å². The molecule has 2 aliphatic rings. The van der Waals surface area contributed by atoms with E-state index >= 15 is 0 Å². The van der Waals surface area contributed by atoms with Gasteiger partial charge in [-0.15, -0.1) is 0 Å². The maximum Gasteiger partial charge on any atom is 0.436 e. The Kier molecular flexibility index (Phi) is 5.72. The van der Waals surface area contributed by atoms with Crippen LogP contribution in [0.15, 0.2) is 43.2 Å². The van der Waals surface area contributed by atoms with Crippen LogP contribution in [0, 0.1) is 5.82 Å². The van der Waals surface area contributed by atoms with Crippen LogP contribution in [0.5, 0.6) is 0 Å². The van der Waals surface area contributed by atoms with Gasteiger partial charge in [0, 0.05) is 60.8 Å². The summed E-state index contributed by atoms with van der Waals surface area (Å²) >= 11 is 0. The molecular formula is C24H24F4N8. The van der Waals surface area contributed by atoms with Crippen molar-refractivity contribution in [3.8, 4) is 11.3 Å². The minimum atomic E-state index is -4.79. The van der Waals surface area contributed by atoms with Crippen molar-refractivity contribution in [1.29, 1.82) is 0 Å². The number of H-pyrrole nitrogens is 1. The summed E-state index contributed by atoms with van der Waals surface area (Å²) in [6, 6.07) is 3.98. The normalized spacial score (nSPS) is 18.7. The van der Waals surface area contributed by atoms with Crippen molar-refractivity contribution in [2.45, 2.75) is 37.6 Å². The molecular weight excluding hydrogens is 476 g/mol. The van der Waals surface area contributed by atoms with E-state index in [1.54, 1.807) is 6.33 Å². The summed E-state index contributed by atoms with van der Waals surface area (Å²) in [5.41, 5.74) is 1.19. The van der Waals surface area contributed by atoms with Gasteiger partial charge in [-0.3, -0.25) is 14.5 Å². The lowest BCUT2D eigenvalue weighted by molar-refractivity contribution is -0.143. The van der Waals surface area contributed by atoms with E-state index in [0.29, 0.717) is 19.1 Å². The summed E-state index contributed by atoms with van der Waals surface area (Å²) in [4.78, 5) is 19.4. The van der Waals surface area contributed by atoms with Crippen LogP contribution >= 0.6 is 0 Å². The largest absolute Gasteiger partial charge is 0.436 e. The molecule has 0 aliphatic carbocycles. The fourth-order valence-electron chi connectivity index (χ4n) is 5.20. The van der Waals surface area contributed by atoms with E-state index in [4.69, 9.17) is 0 Å². The number of nitrogens with one attached hydrogen (secondary N) is 1. The molecule has 2 saturated heterocycles. The predicted octanol–water partition coefficient (Wildman–Crippen LogP) is 3.90. The van der Waals surface area contributed by atoms with Crippen LogP contribution in [0.25, 0.3) is 22.3 Å². The number of hydrogen-bond acceptors (Lipinski definition) is 6. The maximum atomic E-state index is 14.3. The van der Waals surface area contributed by atoms with Crippen molar-refractivity contribution < 1.29 is 17.6 Å². The van der Waals surface area contributed by atoms with E-state index in [0.717, 1.165) is 54.4 Å². The predicted molar refractivity (Wildman–Crippen MR) is 123 cm³/mol. The monoisotopic (exact) mass is 500 g/mol. The summed E-state index contributed by atoms with van der Waals surface area (Å²) in [7, 11) is 0. The lowest BCUT2D eigenvalue weighted by Gasteiger charge is -2.47. The quantitative estimate of drug-likeness (QED) is 0.419. The van der Waals surface area contributed by atoms with Gasteiger partial charge >= 0.3 is 6.18 Å². The fourth-order valence-corrected chi connectivity index (χ4v) is 5.20. The van der Waals surface area contributed by atoms with Gasteiger partial charge in [-0.25, -0.2) is 19.3 Å². The average molecular weight is 501 g/mol. The third kappa shape index (κ3) is 4.24. The Balaban J connectivity index is 1.03. The first-order valence-electron chi connectivity index (χ1n) is 11.9. The number of alkyl halides is 3. The molecule has 0 atom stereocenters. The summed E-state index contributed by atoms with van der Waals surface area (Å²) in [6.07, 6.45) is 5.26. The Morgan fingerprint density at radius 1 is 1.03 bits per heavy atom. The number of nitrogens with zero attached hydrogens (tertiary/aromatic N) is 7. The van der Waals surface area contributed by atoms with Gasteiger partial charge in [0.2, 0.25) is 0 Å². The third-order valence-electron chi connectivity index (χ3n) is 7.20. The van der Waals surface area contributed by atoms with Gasteiger partial charge in [0.15, 0.2) is 11.5 Å². The molecule has 0 unspecified atom stereocenters. The van der Waals surface area contributed by atoms with Gasteiger partial charge in [-0.1, -0.05) is 0 Å². The molecule has 0 amide bonds. The van der Waals surface area contributed by atoms with E-state index in [2.05, 4.69) is 29.9 Å². The van der Waals surface area contributed by atoms with Gasteiger partial charge in [0.1, 0.15) is 12.0 Å². The number of rotatable bonds is 5. The molecule has 0 aromatic carbocycles. The molecule has 1 N–H and O–H groups in total. The highest BCUT2D eigenvalue weighted by Gasteiger charge is 2.38. The molecule has 0 bridgehead atoms. The first-order valence-corrected chi connectivity index (χ1v) is 11.9. The lowest BCUT2D eigenvalue weighted by atomic mass is 9.97. The highest BCUT2D eigenvalue weighted by Crippen LogP contribution is 2.33. The summed E-state index contributed by atoms with van der Waals surface area (Å²) in [5.74, 6) is -1.27. The molecule has 0 spiro atoms. The van der Waals surface area contributed by atoms with Gasteiger partial charge in [0.05, 0.1) is 17.9 Å². The number of fused-ring (bicyclic) bond motifs is 1. The van der Waals surface area contributed by atoms with Crippen LogP contribution < -0.4 is 0 Å². The SMILES string of the molecule is Fc1c(CN2CCC(N3CC(n4cc(-c5ncnc6[nH]ccc56)cn4)C3)CC2)ccnc1C(F)(F)F. The molecule has 6 rings (SSSR count). The molecule has 0 radical (unpaired) electrons. The molecule has 4 aromatic heterocycles. The van der Waals surface area contributed by atoms with Gasteiger partial charge < -0.3 is 4.98 Å². The Hall–Kier alpha value is -3.38. The van der Waals surface area contributed by atoms with E-state index < -0.39 is 17.7 Å². The fraction of sp³-hybridized carbons (Fsp3) is 0.417. The number of aromatic amines is 1. The molecule has 2 aliphatic heterocycles. The van der Waals surface area contributed by atoms with E-state index in [9.17, 15) is 17.6 Å². The second-order valence-corrected chi connectivity index (χ2v) is 9.42. The van der Waals surface area contributed by atoms with Gasteiger partial charge in [-0.2, -0.15) is 18.3 Å². The Morgan fingerprint density at radius 2 is 1.83 bits per heavy atom. The first-order chi connectivity index (χ1) is 17.4.